The first-order valence-electron chi connectivity index (χ1n) is 7.47. The summed E-state index contributed by atoms with van der Waals surface area (Å²) in [6.07, 6.45) is 1.05. The van der Waals surface area contributed by atoms with Crippen molar-refractivity contribution in [3.05, 3.63) is 64.7 Å². The number of nitrogens with one attached hydrogen (secondary N) is 1. The Morgan fingerprint density at radius 2 is 1.67 bits per heavy atom. The second-order valence-electron chi connectivity index (χ2n) is 6.71. The lowest BCUT2D eigenvalue weighted by Crippen LogP contribution is -2.11. The Morgan fingerprint density at radius 3 is 2.33 bits per heavy atom. The molecule has 3 rings (SSSR count). The van der Waals surface area contributed by atoms with E-state index in [9.17, 15) is 4.79 Å². The smallest absolute Gasteiger partial charge is 0.193 e. The molecule has 108 valence electrons. The summed E-state index contributed by atoms with van der Waals surface area (Å²) in [7, 11) is 0. The molecule has 0 saturated heterocycles. The molecular formula is C19H21NO. The standard InChI is InChI=1S/C19H21NO/c1-19(2,3)16-8-6-14(7-9-16)18(21)15-5-4-13-10-11-20-17(13)12-15/h4-9,12,20H,10-11H2,1-3H3. The van der Waals surface area contributed by atoms with Crippen LogP contribution in [0.4, 0.5) is 5.69 Å². The van der Waals surface area contributed by atoms with Crippen molar-refractivity contribution in [2.75, 3.05) is 11.9 Å². The quantitative estimate of drug-likeness (QED) is 0.835. The first kappa shape index (κ1) is 13.9. The van der Waals surface area contributed by atoms with Gasteiger partial charge in [-0.1, -0.05) is 57.2 Å². The lowest BCUT2D eigenvalue weighted by Gasteiger charge is -2.19. The zero-order valence-corrected chi connectivity index (χ0v) is 12.9. The SMILES string of the molecule is CC(C)(C)c1ccc(C(=O)c2ccc3c(c2)NCC3)cc1. The minimum absolute atomic E-state index is 0.0898. The van der Waals surface area contributed by atoms with Gasteiger partial charge in [-0.05, 0) is 29.0 Å². The summed E-state index contributed by atoms with van der Waals surface area (Å²) in [6, 6.07) is 13.9. The lowest BCUT2D eigenvalue weighted by molar-refractivity contribution is 0.103. The van der Waals surface area contributed by atoms with Crippen LogP contribution in [0.15, 0.2) is 42.5 Å². The van der Waals surface area contributed by atoms with E-state index in [1.165, 1.54) is 11.1 Å². The highest BCUT2D eigenvalue weighted by atomic mass is 16.1. The third-order valence-corrected chi connectivity index (χ3v) is 4.09. The number of fused-ring (bicyclic) bond motifs is 1. The molecule has 1 aliphatic rings. The highest BCUT2D eigenvalue weighted by molar-refractivity contribution is 6.09. The topological polar surface area (TPSA) is 29.1 Å². The van der Waals surface area contributed by atoms with Crippen LogP contribution in [0.3, 0.4) is 0 Å². The van der Waals surface area contributed by atoms with Gasteiger partial charge in [0.05, 0.1) is 0 Å². The van der Waals surface area contributed by atoms with Gasteiger partial charge in [0.2, 0.25) is 0 Å². The molecule has 0 saturated carbocycles. The molecule has 0 amide bonds. The van der Waals surface area contributed by atoms with Crippen molar-refractivity contribution < 1.29 is 4.79 Å². The van der Waals surface area contributed by atoms with Crippen LogP contribution in [0.2, 0.25) is 0 Å². The van der Waals surface area contributed by atoms with Crippen molar-refractivity contribution in [2.45, 2.75) is 32.6 Å². The monoisotopic (exact) mass is 279 g/mol. The fourth-order valence-electron chi connectivity index (χ4n) is 2.72. The number of hydrogen-bond donors (Lipinski definition) is 1. The fourth-order valence-corrected chi connectivity index (χ4v) is 2.72. The van der Waals surface area contributed by atoms with Gasteiger partial charge in [0.1, 0.15) is 0 Å². The zero-order chi connectivity index (χ0) is 15.0. The van der Waals surface area contributed by atoms with Gasteiger partial charge in [0.25, 0.3) is 0 Å². The Bertz CT molecular complexity index is 678. The summed E-state index contributed by atoms with van der Waals surface area (Å²) in [4.78, 5) is 12.6. The van der Waals surface area contributed by atoms with Gasteiger partial charge in [-0.3, -0.25) is 4.79 Å². The van der Waals surface area contributed by atoms with Crippen molar-refractivity contribution >= 4 is 11.5 Å². The molecule has 0 aliphatic carbocycles. The minimum atomic E-state index is 0.0898. The molecule has 2 heteroatoms. The molecule has 2 aromatic rings. The third kappa shape index (κ3) is 2.71. The number of hydrogen-bond acceptors (Lipinski definition) is 2. The van der Waals surface area contributed by atoms with E-state index in [1.54, 1.807) is 0 Å². The molecule has 0 fully saturated rings. The molecule has 0 atom stereocenters. The predicted molar refractivity (Wildman–Crippen MR) is 87.2 cm³/mol. The van der Waals surface area contributed by atoms with Crippen molar-refractivity contribution in [1.82, 2.24) is 0 Å². The van der Waals surface area contributed by atoms with Crippen molar-refractivity contribution in [2.24, 2.45) is 0 Å². The molecule has 0 spiro atoms. The molecule has 0 unspecified atom stereocenters. The number of carbonyl (C=O) groups is 1. The first-order chi connectivity index (χ1) is 9.95. The van der Waals surface area contributed by atoms with Crippen LogP contribution >= 0.6 is 0 Å². The van der Waals surface area contributed by atoms with Crippen LogP contribution in [0.5, 0.6) is 0 Å². The van der Waals surface area contributed by atoms with E-state index in [2.05, 4.69) is 44.3 Å². The van der Waals surface area contributed by atoms with Gasteiger partial charge in [-0.2, -0.15) is 0 Å². The number of rotatable bonds is 2. The maximum Gasteiger partial charge on any atom is 0.193 e. The second-order valence-corrected chi connectivity index (χ2v) is 6.71. The first-order valence-corrected chi connectivity index (χ1v) is 7.47. The van der Waals surface area contributed by atoms with Crippen LogP contribution in [-0.4, -0.2) is 12.3 Å². The fraction of sp³-hybridized carbons (Fsp3) is 0.316. The van der Waals surface area contributed by atoms with Gasteiger partial charge in [-0.25, -0.2) is 0 Å². The van der Waals surface area contributed by atoms with Crippen LogP contribution in [0.1, 0.15) is 47.8 Å². The molecule has 2 aromatic carbocycles. The van der Waals surface area contributed by atoms with E-state index in [0.29, 0.717) is 0 Å². The van der Waals surface area contributed by atoms with Crippen LogP contribution in [0.25, 0.3) is 0 Å². The Labute approximate surface area is 126 Å². The van der Waals surface area contributed by atoms with E-state index in [1.807, 2.05) is 24.3 Å². The molecule has 1 heterocycles. The third-order valence-electron chi connectivity index (χ3n) is 4.09. The molecule has 0 radical (unpaired) electrons. The Morgan fingerprint density at radius 1 is 1.00 bits per heavy atom. The van der Waals surface area contributed by atoms with E-state index in [0.717, 1.165) is 29.8 Å². The van der Waals surface area contributed by atoms with E-state index in [4.69, 9.17) is 0 Å². The van der Waals surface area contributed by atoms with Crippen molar-refractivity contribution in [3.63, 3.8) is 0 Å². The maximum atomic E-state index is 12.6. The summed E-state index contributed by atoms with van der Waals surface area (Å²) < 4.78 is 0. The average molecular weight is 279 g/mol. The average Bonchev–Trinajstić information content (AvgIpc) is 2.93. The number of anilines is 1. The van der Waals surface area contributed by atoms with Gasteiger partial charge in [0.15, 0.2) is 5.78 Å². The number of benzene rings is 2. The molecule has 21 heavy (non-hydrogen) atoms. The van der Waals surface area contributed by atoms with Crippen LogP contribution in [-0.2, 0) is 11.8 Å². The van der Waals surface area contributed by atoms with Crippen molar-refractivity contribution in [3.8, 4) is 0 Å². The highest BCUT2D eigenvalue weighted by Crippen LogP contribution is 2.26. The van der Waals surface area contributed by atoms with Crippen molar-refractivity contribution in [1.29, 1.82) is 0 Å². The summed E-state index contributed by atoms with van der Waals surface area (Å²) >= 11 is 0. The molecule has 0 aromatic heterocycles. The van der Waals surface area contributed by atoms with Gasteiger partial charge in [-0.15, -0.1) is 0 Å². The zero-order valence-electron chi connectivity index (χ0n) is 12.9. The van der Waals surface area contributed by atoms with E-state index in [-0.39, 0.29) is 11.2 Å². The number of ketones is 1. The van der Waals surface area contributed by atoms with E-state index >= 15 is 0 Å². The van der Waals surface area contributed by atoms with Gasteiger partial charge in [0, 0.05) is 23.4 Å². The summed E-state index contributed by atoms with van der Waals surface area (Å²) in [6.45, 7) is 7.50. The molecule has 1 N–H and O–H groups in total. The molecular weight excluding hydrogens is 258 g/mol. The largest absolute Gasteiger partial charge is 0.384 e. The molecule has 1 aliphatic heterocycles. The van der Waals surface area contributed by atoms with E-state index < -0.39 is 0 Å². The Balaban J connectivity index is 1.88. The summed E-state index contributed by atoms with van der Waals surface area (Å²) in [5.41, 5.74) is 5.27. The maximum absolute atomic E-state index is 12.6. The number of carbonyl (C=O) groups excluding carboxylic acids is 1. The second kappa shape index (κ2) is 5.03. The van der Waals surface area contributed by atoms with Crippen LogP contribution in [0, 0.1) is 0 Å². The lowest BCUT2D eigenvalue weighted by atomic mass is 9.86. The Hall–Kier alpha value is -2.09. The summed E-state index contributed by atoms with van der Waals surface area (Å²) in [5, 5.41) is 3.32. The predicted octanol–water partition coefficient (Wildman–Crippen LogP) is 4.18. The van der Waals surface area contributed by atoms with Gasteiger partial charge >= 0.3 is 0 Å². The minimum Gasteiger partial charge on any atom is -0.384 e. The Kier molecular flexibility index (Phi) is 3.32. The normalized spacial score (nSPS) is 13.7. The molecule has 0 bridgehead atoms. The van der Waals surface area contributed by atoms with Crippen LogP contribution < -0.4 is 5.32 Å². The van der Waals surface area contributed by atoms with Gasteiger partial charge < -0.3 is 5.32 Å². The molecule has 2 nitrogen and oxygen atoms in total. The summed E-state index contributed by atoms with van der Waals surface area (Å²) in [5.74, 6) is 0.0898. The highest BCUT2D eigenvalue weighted by Gasteiger charge is 2.17.